The van der Waals surface area contributed by atoms with Crippen molar-refractivity contribution in [3.63, 3.8) is 0 Å². The lowest BCUT2D eigenvalue weighted by Gasteiger charge is -2.12. The standard InChI is InChI=1S/C13H8N4O8S/c14-11-10-6(12(19)15-13(10)20)4-9(18)16(11)7-2-1-5(26(23,24)25)3-8(7)17(21)22/h1-4H,14H2,(H,15,19,20)(H,23,24,25). The number of amides is 2. The van der Waals surface area contributed by atoms with Crippen LogP contribution >= 0.6 is 0 Å². The Morgan fingerprint density at radius 1 is 1.15 bits per heavy atom. The predicted octanol–water partition coefficient (Wildman–Crippen LogP) is -0.542. The number of anilines is 1. The van der Waals surface area contributed by atoms with Crippen LogP contribution in [-0.2, 0) is 10.1 Å². The number of benzene rings is 1. The van der Waals surface area contributed by atoms with Crippen molar-refractivity contribution in [1.29, 1.82) is 0 Å². The highest BCUT2D eigenvalue weighted by Gasteiger charge is 2.33. The maximum atomic E-state index is 12.3. The van der Waals surface area contributed by atoms with E-state index in [1.54, 1.807) is 0 Å². The maximum Gasteiger partial charge on any atom is 0.294 e. The van der Waals surface area contributed by atoms with Gasteiger partial charge in [-0.1, -0.05) is 0 Å². The fourth-order valence-electron chi connectivity index (χ4n) is 2.53. The molecule has 2 aromatic rings. The molecule has 0 radical (unpaired) electrons. The highest BCUT2D eigenvalue weighted by Crippen LogP contribution is 2.29. The van der Waals surface area contributed by atoms with Crippen LogP contribution in [0.5, 0.6) is 0 Å². The molecule has 0 aliphatic carbocycles. The van der Waals surface area contributed by atoms with E-state index in [4.69, 9.17) is 10.3 Å². The van der Waals surface area contributed by atoms with Crippen molar-refractivity contribution in [1.82, 2.24) is 9.88 Å². The molecule has 13 heteroatoms. The van der Waals surface area contributed by atoms with Gasteiger partial charge in [0.05, 0.1) is 16.1 Å². The Balaban J connectivity index is 2.37. The van der Waals surface area contributed by atoms with E-state index < -0.39 is 54.5 Å². The van der Waals surface area contributed by atoms with Crippen LogP contribution in [0.2, 0.25) is 0 Å². The van der Waals surface area contributed by atoms with E-state index in [1.165, 1.54) is 0 Å². The maximum absolute atomic E-state index is 12.3. The first-order valence-corrected chi connectivity index (χ1v) is 8.14. The molecule has 1 aromatic carbocycles. The van der Waals surface area contributed by atoms with Crippen molar-refractivity contribution < 1.29 is 27.5 Å². The number of rotatable bonds is 3. The van der Waals surface area contributed by atoms with Gasteiger partial charge in [-0.2, -0.15) is 8.42 Å². The van der Waals surface area contributed by atoms with Gasteiger partial charge >= 0.3 is 0 Å². The number of imide groups is 1. The molecule has 0 spiro atoms. The van der Waals surface area contributed by atoms with Crippen molar-refractivity contribution in [2.24, 2.45) is 0 Å². The van der Waals surface area contributed by atoms with Crippen LogP contribution in [0.3, 0.4) is 0 Å². The minimum atomic E-state index is -4.74. The van der Waals surface area contributed by atoms with Crippen LogP contribution in [0.4, 0.5) is 11.5 Å². The molecular weight excluding hydrogens is 372 g/mol. The first-order chi connectivity index (χ1) is 12.0. The van der Waals surface area contributed by atoms with E-state index in [9.17, 15) is 32.9 Å². The van der Waals surface area contributed by atoms with Crippen LogP contribution in [0.1, 0.15) is 20.7 Å². The lowest BCUT2D eigenvalue weighted by Crippen LogP contribution is -2.24. The van der Waals surface area contributed by atoms with Crippen LogP contribution in [-0.4, -0.2) is 34.3 Å². The SMILES string of the molecule is Nc1c2c(cc(=O)n1-c1ccc(S(=O)(=O)O)cc1[N+](=O)[O-])C(=O)NC2=O. The average Bonchev–Trinajstić information content (AvgIpc) is 2.80. The van der Waals surface area contributed by atoms with Crippen LogP contribution in [0, 0.1) is 10.1 Å². The second kappa shape index (κ2) is 5.47. The van der Waals surface area contributed by atoms with Gasteiger partial charge in [0.25, 0.3) is 33.2 Å². The monoisotopic (exact) mass is 380 g/mol. The third-order valence-corrected chi connectivity index (χ3v) is 4.49. The zero-order valence-electron chi connectivity index (χ0n) is 12.5. The van der Waals surface area contributed by atoms with E-state index in [2.05, 4.69) is 0 Å². The third-order valence-electron chi connectivity index (χ3n) is 3.64. The topological polar surface area (TPSA) is 192 Å². The lowest BCUT2D eigenvalue weighted by molar-refractivity contribution is -0.384. The number of nitrogen functional groups attached to an aromatic ring is 1. The minimum absolute atomic E-state index is 0.272. The number of nitro groups is 1. The van der Waals surface area contributed by atoms with Crippen LogP contribution in [0.15, 0.2) is 34.0 Å². The highest BCUT2D eigenvalue weighted by molar-refractivity contribution is 7.85. The van der Waals surface area contributed by atoms with Crippen molar-refractivity contribution in [2.75, 3.05) is 5.73 Å². The second-order valence-electron chi connectivity index (χ2n) is 5.16. The Hall–Kier alpha value is -3.58. The number of hydrogen-bond donors (Lipinski definition) is 3. The first-order valence-electron chi connectivity index (χ1n) is 6.70. The smallest absolute Gasteiger partial charge is 0.294 e. The van der Waals surface area contributed by atoms with Gasteiger partial charge in [0.1, 0.15) is 16.4 Å². The number of nitro benzene ring substituents is 1. The number of nitrogens with zero attached hydrogens (tertiary/aromatic N) is 2. The van der Waals surface area contributed by atoms with Gasteiger partial charge in [0.2, 0.25) is 0 Å². The molecule has 1 aliphatic rings. The molecule has 1 aromatic heterocycles. The molecule has 3 rings (SSSR count). The number of hydrogen-bond acceptors (Lipinski definition) is 8. The Labute approximate surface area is 143 Å². The van der Waals surface area contributed by atoms with Gasteiger partial charge < -0.3 is 5.73 Å². The summed E-state index contributed by atoms with van der Waals surface area (Å²) in [5.74, 6) is -2.25. The third kappa shape index (κ3) is 2.51. The number of carbonyl (C=O) groups is 2. The quantitative estimate of drug-likeness (QED) is 0.271. The van der Waals surface area contributed by atoms with Gasteiger partial charge in [-0.05, 0) is 12.1 Å². The molecule has 0 atom stereocenters. The number of carbonyl (C=O) groups excluding carboxylic acids is 2. The summed E-state index contributed by atoms with van der Waals surface area (Å²) in [5.41, 5.74) is 2.91. The van der Waals surface area contributed by atoms with Gasteiger partial charge in [-0.15, -0.1) is 0 Å². The van der Waals surface area contributed by atoms with Gasteiger partial charge in [0, 0.05) is 12.1 Å². The molecule has 2 amide bonds. The van der Waals surface area contributed by atoms with Crippen LogP contribution in [0.25, 0.3) is 5.69 Å². The summed E-state index contributed by atoms with van der Waals surface area (Å²) >= 11 is 0. The van der Waals surface area contributed by atoms with Crippen molar-refractivity contribution in [2.45, 2.75) is 4.90 Å². The largest absolute Gasteiger partial charge is 0.384 e. The van der Waals surface area contributed by atoms with E-state index in [-0.39, 0.29) is 11.1 Å². The number of aromatic nitrogens is 1. The van der Waals surface area contributed by atoms with E-state index >= 15 is 0 Å². The Morgan fingerprint density at radius 3 is 2.38 bits per heavy atom. The molecule has 0 unspecified atom stereocenters. The molecule has 0 saturated carbocycles. The van der Waals surface area contributed by atoms with Crippen LogP contribution < -0.4 is 16.6 Å². The van der Waals surface area contributed by atoms with E-state index in [0.717, 1.165) is 18.2 Å². The molecular formula is C13H8N4O8S. The molecule has 0 saturated heterocycles. The molecule has 4 N–H and O–H groups in total. The summed E-state index contributed by atoms with van der Waals surface area (Å²) in [6.07, 6.45) is 0. The second-order valence-corrected chi connectivity index (χ2v) is 6.58. The normalized spacial score (nSPS) is 13.4. The molecule has 26 heavy (non-hydrogen) atoms. The van der Waals surface area contributed by atoms with Gasteiger partial charge in [-0.25, -0.2) is 0 Å². The first kappa shape index (κ1) is 17.2. The lowest BCUT2D eigenvalue weighted by atomic mass is 10.1. The summed E-state index contributed by atoms with van der Waals surface area (Å²) in [6, 6.07) is 3.02. The number of fused-ring (bicyclic) bond motifs is 1. The zero-order chi connectivity index (χ0) is 19.4. The number of nitrogens with two attached hydrogens (primary N) is 1. The Kier molecular flexibility index (Phi) is 3.63. The van der Waals surface area contributed by atoms with Crippen molar-refractivity contribution in [3.05, 3.63) is 55.9 Å². The fraction of sp³-hybridized carbons (Fsp3) is 0. The average molecular weight is 380 g/mol. The molecule has 134 valence electrons. The molecule has 1 aliphatic heterocycles. The molecule has 2 heterocycles. The summed E-state index contributed by atoms with van der Waals surface area (Å²) in [6.45, 7) is 0. The zero-order valence-corrected chi connectivity index (χ0v) is 13.3. The van der Waals surface area contributed by atoms with E-state index in [0.29, 0.717) is 10.6 Å². The summed E-state index contributed by atoms with van der Waals surface area (Å²) in [7, 11) is -4.74. The summed E-state index contributed by atoms with van der Waals surface area (Å²) in [5, 5.41) is 13.2. The number of pyridine rings is 1. The van der Waals surface area contributed by atoms with Crippen molar-refractivity contribution in [3.8, 4) is 5.69 Å². The number of nitrogens with one attached hydrogen (secondary N) is 1. The minimum Gasteiger partial charge on any atom is -0.384 e. The van der Waals surface area contributed by atoms with E-state index in [1.807, 2.05) is 5.32 Å². The van der Waals surface area contributed by atoms with Crippen molar-refractivity contribution >= 4 is 33.4 Å². The Bertz CT molecular complexity index is 1180. The highest BCUT2D eigenvalue weighted by atomic mass is 32.2. The molecule has 0 fully saturated rings. The molecule has 12 nitrogen and oxygen atoms in total. The summed E-state index contributed by atoms with van der Waals surface area (Å²) in [4.78, 5) is 45.3. The summed E-state index contributed by atoms with van der Waals surface area (Å²) < 4.78 is 32.0. The van der Waals surface area contributed by atoms with Gasteiger partial charge in [0.15, 0.2) is 0 Å². The molecule has 0 bridgehead atoms. The Morgan fingerprint density at radius 2 is 1.81 bits per heavy atom. The predicted molar refractivity (Wildman–Crippen MR) is 84.7 cm³/mol. The fourth-order valence-corrected chi connectivity index (χ4v) is 3.03. The van der Waals surface area contributed by atoms with Gasteiger partial charge in [-0.3, -0.25) is 38.9 Å².